The standard InChI is InChI=1S/C34H49N2O2S.BrH/c1-4-5-6-7-8-9-10-11-12-13-14-17-23-38-33-21-18-19-31(24-33)26-36(30(3)37)34-22-16-15-20-32(34)27-35-25-29(2)39-28-35;/h15-16,18-22,24-25,28H,4-14,17,23,26-27H2,1-3H3;1H/q+1;/p-1. The molecule has 0 spiro atoms. The highest BCUT2D eigenvalue weighted by Gasteiger charge is 2.18. The predicted molar refractivity (Wildman–Crippen MR) is 165 cm³/mol. The summed E-state index contributed by atoms with van der Waals surface area (Å²) >= 11 is 1.73. The Labute approximate surface area is 257 Å². The molecule has 0 fully saturated rings. The molecule has 40 heavy (non-hydrogen) atoms. The van der Waals surface area contributed by atoms with Crippen LogP contribution in [0.2, 0.25) is 0 Å². The van der Waals surface area contributed by atoms with E-state index in [1.807, 2.05) is 35.2 Å². The molecular weight excluding hydrogens is 580 g/mol. The van der Waals surface area contributed by atoms with Crippen molar-refractivity contribution in [2.75, 3.05) is 11.5 Å². The SMILES string of the molecule is CCCCCCCCCCCCCCOc1cccc(CN(C(C)=O)c2ccccc2C[n+]2csc(C)c2)c1.[Br-]. The number of unbranched alkanes of at least 4 members (excludes halogenated alkanes) is 11. The summed E-state index contributed by atoms with van der Waals surface area (Å²) in [5.41, 5.74) is 5.30. The number of aryl methyl sites for hydroxylation is 1. The molecule has 3 aromatic rings. The smallest absolute Gasteiger partial charge is 0.225 e. The molecule has 4 nitrogen and oxygen atoms in total. The van der Waals surface area contributed by atoms with E-state index in [1.165, 1.54) is 75.5 Å². The number of hydrogen-bond acceptors (Lipinski definition) is 3. The molecule has 3 rings (SSSR count). The molecule has 220 valence electrons. The van der Waals surface area contributed by atoms with Gasteiger partial charge < -0.3 is 26.6 Å². The lowest BCUT2D eigenvalue weighted by molar-refractivity contribution is -0.683. The van der Waals surface area contributed by atoms with Gasteiger partial charge in [0.2, 0.25) is 11.4 Å². The maximum absolute atomic E-state index is 12.7. The van der Waals surface area contributed by atoms with Gasteiger partial charge in [-0.25, -0.2) is 0 Å². The second kappa shape index (κ2) is 19.8. The molecule has 1 aromatic heterocycles. The zero-order chi connectivity index (χ0) is 27.7. The first-order valence-corrected chi connectivity index (χ1v) is 16.0. The van der Waals surface area contributed by atoms with Gasteiger partial charge in [0.1, 0.15) is 5.75 Å². The summed E-state index contributed by atoms with van der Waals surface area (Å²) in [5.74, 6) is 0.924. The van der Waals surface area contributed by atoms with E-state index in [0.29, 0.717) is 6.54 Å². The average Bonchev–Trinajstić information content (AvgIpc) is 3.35. The van der Waals surface area contributed by atoms with E-state index in [0.717, 1.165) is 42.1 Å². The number of benzene rings is 2. The van der Waals surface area contributed by atoms with Crippen molar-refractivity contribution in [3.8, 4) is 5.75 Å². The fourth-order valence-corrected chi connectivity index (χ4v) is 5.68. The molecule has 0 N–H and O–H groups in total. The number of hydrogen-bond donors (Lipinski definition) is 0. The molecule has 0 aliphatic heterocycles. The largest absolute Gasteiger partial charge is 1.00 e. The second-order valence-corrected chi connectivity index (χ2v) is 11.8. The first kappa shape index (κ1) is 34.0. The minimum Gasteiger partial charge on any atom is -1.00 e. The van der Waals surface area contributed by atoms with E-state index in [4.69, 9.17) is 4.74 Å². The van der Waals surface area contributed by atoms with Crippen molar-refractivity contribution in [2.45, 2.75) is 111 Å². The predicted octanol–water partition coefficient (Wildman–Crippen LogP) is 6.03. The van der Waals surface area contributed by atoms with Crippen molar-refractivity contribution >= 4 is 22.9 Å². The van der Waals surface area contributed by atoms with Crippen molar-refractivity contribution in [1.29, 1.82) is 0 Å². The highest BCUT2D eigenvalue weighted by atomic mass is 79.9. The summed E-state index contributed by atoms with van der Waals surface area (Å²) in [7, 11) is 0. The maximum atomic E-state index is 12.7. The lowest BCUT2D eigenvalue weighted by atomic mass is 10.1. The van der Waals surface area contributed by atoms with Crippen LogP contribution in [-0.2, 0) is 17.9 Å². The van der Waals surface area contributed by atoms with Gasteiger partial charge in [-0.3, -0.25) is 4.79 Å². The van der Waals surface area contributed by atoms with Gasteiger partial charge in [-0.1, -0.05) is 119 Å². The Morgan fingerprint density at radius 3 is 2.15 bits per heavy atom. The van der Waals surface area contributed by atoms with Crippen molar-refractivity contribution in [3.05, 3.63) is 76.2 Å². The van der Waals surface area contributed by atoms with Gasteiger partial charge in [0.25, 0.3) is 0 Å². The Morgan fingerprint density at radius 1 is 0.875 bits per heavy atom. The summed E-state index contributed by atoms with van der Waals surface area (Å²) in [5, 5.41) is 0. The highest BCUT2D eigenvalue weighted by Crippen LogP contribution is 2.24. The van der Waals surface area contributed by atoms with Crippen molar-refractivity contribution in [2.24, 2.45) is 0 Å². The van der Waals surface area contributed by atoms with Gasteiger partial charge in [0, 0.05) is 12.5 Å². The zero-order valence-corrected chi connectivity index (χ0v) is 27.3. The molecule has 0 radical (unpaired) electrons. The molecule has 2 aromatic carbocycles. The molecule has 0 unspecified atom stereocenters. The number of thiazole rings is 1. The molecule has 0 atom stereocenters. The van der Waals surface area contributed by atoms with Crippen LogP contribution in [0.4, 0.5) is 5.69 Å². The molecule has 0 aliphatic rings. The van der Waals surface area contributed by atoms with E-state index in [1.54, 1.807) is 18.3 Å². The first-order valence-electron chi connectivity index (χ1n) is 15.1. The number of para-hydroxylation sites is 1. The minimum atomic E-state index is 0. The summed E-state index contributed by atoms with van der Waals surface area (Å²) in [6.07, 6.45) is 18.3. The van der Waals surface area contributed by atoms with Crippen LogP contribution in [0, 0.1) is 6.92 Å². The number of amides is 1. The number of carbonyl (C=O) groups excluding carboxylic acids is 1. The maximum Gasteiger partial charge on any atom is 0.225 e. The third-order valence-corrected chi connectivity index (χ3v) is 8.10. The van der Waals surface area contributed by atoms with Crippen LogP contribution < -0.4 is 31.2 Å². The molecule has 0 saturated heterocycles. The van der Waals surface area contributed by atoms with E-state index < -0.39 is 0 Å². The van der Waals surface area contributed by atoms with Crippen LogP contribution in [0.1, 0.15) is 107 Å². The number of aromatic nitrogens is 1. The Hall–Kier alpha value is -2.18. The first-order chi connectivity index (χ1) is 19.1. The molecule has 1 amide bonds. The Kier molecular flexibility index (Phi) is 16.9. The molecule has 0 bridgehead atoms. The Balaban J connectivity index is 0.00000560. The van der Waals surface area contributed by atoms with Crippen LogP contribution in [0.3, 0.4) is 0 Å². The minimum absolute atomic E-state index is 0. The lowest BCUT2D eigenvalue weighted by Crippen LogP contribution is -3.00. The second-order valence-electron chi connectivity index (χ2n) is 10.8. The normalized spacial score (nSPS) is 10.8. The van der Waals surface area contributed by atoms with Crippen LogP contribution in [0.5, 0.6) is 5.75 Å². The quantitative estimate of drug-likeness (QED) is 0.120. The van der Waals surface area contributed by atoms with Gasteiger partial charge in [-0.15, -0.1) is 0 Å². The Morgan fingerprint density at radius 2 is 1.52 bits per heavy atom. The molecular formula is C34H49BrN2O2S. The summed E-state index contributed by atoms with van der Waals surface area (Å²) < 4.78 is 8.27. The van der Waals surface area contributed by atoms with Gasteiger partial charge >= 0.3 is 0 Å². The van der Waals surface area contributed by atoms with Crippen LogP contribution in [-0.4, -0.2) is 12.5 Å². The molecule has 6 heteroatoms. The van der Waals surface area contributed by atoms with Crippen LogP contribution in [0.25, 0.3) is 0 Å². The number of halogens is 1. The molecule has 0 aliphatic carbocycles. The van der Waals surface area contributed by atoms with Gasteiger partial charge in [-0.05, 0) is 37.1 Å². The topological polar surface area (TPSA) is 33.4 Å². The zero-order valence-electron chi connectivity index (χ0n) is 24.9. The van der Waals surface area contributed by atoms with E-state index >= 15 is 0 Å². The number of carbonyl (C=O) groups is 1. The van der Waals surface area contributed by atoms with Crippen molar-refractivity contribution in [1.82, 2.24) is 0 Å². The average molecular weight is 630 g/mol. The number of nitrogens with zero attached hydrogens (tertiary/aromatic N) is 2. The van der Waals surface area contributed by atoms with Gasteiger partial charge in [0.15, 0.2) is 12.7 Å². The third kappa shape index (κ3) is 12.6. The van der Waals surface area contributed by atoms with Gasteiger partial charge in [0.05, 0.1) is 23.7 Å². The van der Waals surface area contributed by atoms with Gasteiger partial charge in [-0.2, -0.15) is 4.57 Å². The summed E-state index contributed by atoms with van der Waals surface area (Å²) in [4.78, 5) is 15.9. The summed E-state index contributed by atoms with van der Waals surface area (Å²) in [6, 6.07) is 16.4. The Bertz CT molecular complexity index is 1120. The third-order valence-electron chi connectivity index (χ3n) is 7.24. The van der Waals surface area contributed by atoms with Crippen LogP contribution in [0.15, 0.2) is 60.2 Å². The molecule has 1 heterocycles. The number of rotatable bonds is 19. The molecule has 0 saturated carbocycles. The van der Waals surface area contributed by atoms with Crippen molar-refractivity contribution in [3.63, 3.8) is 0 Å². The van der Waals surface area contributed by atoms with E-state index in [-0.39, 0.29) is 22.9 Å². The van der Waals surface area contributed by atoms with Crippen molar-refractivity contribution < 1.29 is 31.1 Å². The van der Waals surface area contributed by atoms with E-state index in [9.17, 15) is 4.79 Å². The lowest BCUT2D eigenvalue weighted by Gasteiger charge is -2.23. The van der Waals surface area contributed by atoms with Crippen LogP contribution >= 0.6 is 11.3 Å². The number of ether oxygens (including phenoxy) is 1. The fourth-order valence-electron chi connectivity index (χ4n) is 5.05. The summed E-state index contributed by atoms with van der Waals surface area (Å²) in [6.45, 7) is 8.05. The monoisotopic (exact) mass is 628 g/mol. The highest BCUT2D eigenvalue weighted by molar-refractivity contribution is 7.09. The van der Waals surface area contributed by atoms with E-state index in [2.05, 4.69) is 48.3 Å². The fraction of sp³-hybridized carbons (Fsp3) is 0.529. The number of anilines is 1.